The van der Waals surface area contributed by atoms with Gasteiger partial charge in [0.2, 0.25) is 5.89 Å². The van der Waals surface area contributed by atoms with Crippen LogP contribution in [0.3, 0.4) is 0 Å². The molecule has 0 aliphatic carbocycles. The molecule has 0 radical (unpaired) electrons. The Labute approximate surface area is 132 Å². The van der Waals surface area contributed by atoms with Crippen LogP contribution >= 0.6 is 11.6 Å². The van der Waals surface area contributed by atoms with Gasteiger partial charge in [0.05, 0.1) is 0 Å². The standard InChI is InChI=1S/C17H12ClNO3/c1-11(20)21-17-15(12-5-3-2-4-6-12)19-16(22-17)13-7-9-14(18)10-8-13/h2-10H,1H3. The van der Waals surface area contributed by atoms with Gasteiger partial charge in [-0.3, -0.25) is 4.79 Å². The van der Waals surface area contributed by atoms with Crippen molar-refractivity contribution in [2.75, 3.05) is 0 Å². The van der Waals surface area contributed by atoms with E-state index in [1.807, 2.05) is 30.3 Å². The first-order valence-electron chi connectivity index (χ1n) is 6.64. The van der Waals surface area contributed by atoms with E-state index in [1.165, 1.54) is 6.92 Å². The van der Waals surface area contributed by atoms with E-state index in [0.29, 0.717) is 16.6 Å². The molecule has 2 aromatic carbocycles. The highest BCUT2D eigenvalue weighted by Crippen LogP contribution is 2.34. The number of carbonyl (C=O) groups excluding carboxylic acids is 1. The van der Waals surface area contributed by atoms with Gasteiger partial charge in [0.1, 0.15) is 0 Å². The number of benzene rings is 2. The molecule has 0 saturated heterocycles. The number of oxazole rings is 1. The molecule has 0 bridgehead atoms. The molecular weight excluding hydrogens is 302 g/mol. The molecule has 0 unspecified atom stereocenters. The van der Waals surface area contributed by atoms with E-state index in [9.17, 15) is 4.79 Å². The lowest BCUT2D eigenvalue weighted by Crippen LogP contribution is -2.01. The lowest BCUT2D eigenvalue weighted by molar-refractivity contribution is -0.132. The predicted octanol–water partition coefficient (Wildman–Crippen LogP) is 4.59. The topological polar surface area (TPSA) is 52.3 Å². The van der Waals surface area contributed by atoms with Gasteiger partial charge in [-0.1, -0.05) is 41.9 Å². The molecule has 110 valence electrons. The average Bonchev–Trinajstić information content (AvgIpc) is 2.92. The fraction of sp³-hybridized carbons (Fsp3) is 0.0588. The normalized spacial score (nSPS) is 10.5. The van der Waals surface area contributed by atoms with Crippen molar-refractivity contribution in [1.82, 2.24) is 4.98 Å². The van der Waals surface area contributed by atoms with Crippen LogP contribution in [-0.2, 0) is 4.79 Å². The van der Waals surface area contributed by atoms with Crippen molar-refractivity contribution >= 4 is 17.6 Å². The van der Waals surface area contributed by atoms with Crippen molar-refractivity contribution in [3.63, 3.8) is 0 Å². The van der Waals surface area contributed by atoms with Gasteiger partial charge in [-0.2, -0.15) is 0 Å². The van der Waals surface area contributed by atoms with Gasteiger partial charge in [0, 0.05) is 23.1 Å². The van der Waals surface area contributed by atoms with Crippen LogP contribution in [0, 0.1) is 0 Å². The zero-order valence-corrected chi connectivity index (χ0v) is 12.5. The number of hydrogen-bond donors (Lipinski definition) is 0. The van der Waals surface area contributed by atoms with Crippen LogP contribution in [0.1, 0.15) is 6.92 Å². The number of esters is 1. The van der Waals surface area contributed by atoms with Crippen LogP contribution in [0.2, 0.25) is 5.02 Å². The summed E-state index contributed by atoms with van der Waals surface area (Å²) < 4.78 is 10.7. The molecule has 0 aliphatic rings. The Bertz CT molecular complexity index is 795. The summed E-state index contributed by atoms with van der Waals surface area (Å²) in [5, 5.41) is 0.624. The Balaban J connectivity index is 2.08. The van der Waals surface area contributed by atoms with Crippen molar-refractivity contribution in [1.29, 1.82) is 0 Å². The second-order valence-corrected chi connectivity index (χ2v) is 5.06. The van der Waals surface area contributed by atoms with E-state index in [4.69, 9.17) is 20.8 Å². The molecule has 0 spiro atoms. The quantitative estimate of drug-likeness (QED) is 0.664. The Kier molecular flexibility index (Phi) is 3.94. The largest absolute Gasteiger partial charge is 0.405 e. The molecule has 1 heterocycles. The van der Waals surface area contributed by atoms with Crippen LogP contribution in [0.15, 0.2) is 59.0 Å². The third-order valence-corrected chi connectivity index (χ3v) is 3.22. The summed E-state index contributed by atoms with van der Waals surface area (Å²) >= 11 is 5.88. The van der Waals surface area contributed by atoms with Crippen LogP contribution in [0.25, 0.3) is 22.7 Å². The Morgan fingerprint density at radius 3 is 2.36 bits per heavy atom. The van der Waals surface area contributed by atoms with E-state index in [0.717, 1.165) is 11.1 Å². The molecule has 0 fully saturated rings. The summed E-state index contributed by atoms with van der Waals surface area (Å²) in [4.78, 5) is 15.7. The first kappa shape index (κ1) is 14.4. The monoisotopic (exact) mass is 313 g/mol. The summed E-state index contributed by atoms with van der Waals surface area (Å²) in [5.41, 5.74) is 2.04. The third-order valence-electron chi connectivity index (χ3n) is 2.97. The number of rotatable bonds is 3. The molecule has 0 amide bonds. The number of hydrogen-bond acceptors (Lipinski definition) is 4. The first-order valence-corrected chi connectivity index (χ1v) is 7.02. The minimum absolute atomic E-state index is 0.0867. The fourth-order valence-electron chi connectivity index (χ4n) is 2.00. The Hall–Kier alpha value is -2.59. The Morgan fingerprint density at radius 1 is 1.05 bits per heavy atom. The van der Waals surface area contributed by atoms with Gasteiger partial charge in [0.15, 0.2) is 5.69 Å². The molecule has 3 aromatic rings. The van der Waals surface area contributed by atoms with Gasteiger partial charge >= 0.3 is 11.9 Å². The maximum Gasteiger partial charge on any atom is 0.321 e. The minimum Gasteiger partial charge on any atom is -0.405 e. The van der Waals surface area contributed by atoms with Gasteiger partial charge in [-0.25, -0.2) is 4.98 Å². The molecule has 0 atom stereocenters. The lowest BCUT2D eigenvalue weighted by Gasteiger charge is -1.99. The maximum atomic E-state index is 11.3. The van der Waals surface area contributed by atoms with E-state index in [-0.39, 0.29) is 5.95 Å². The third kappa shape index (κ3) is 3.02. The summed E-state index contributed by atoms with van der Waals surface area (Å²) in [5.74, 6) is -0.00796. The number of ether oxygens (including phenoxy) is 1. The van der Waals surface area contributed by atoms with E-state index in [1.54, 1.807) is 24.3 Å². The van der Waals surface area contributed by atoms with Crippen LogP contribution in [0.4, 0.5) is 0 Å². The molecule has 5 heteroatoms. The van der Waals surface area contributed by atoms with Gasteiger partial charge < -0.3 is 9.15 Å². The van der Waals surface area contributed by atoms with Crippen molar-refractivity contribution < 1.29 is 13.9 Å². The second kappa shape index (κ2) is 6.03. The number of halogens is 1. The summed E-state index contributed by atoms with van der Waals surface area (Å²) in [6.45, 7) is 1.32. The van der Waals surface area contributed by atoms with Gasteiger partial charge in [0.25, 0.3) is 0 Å². The van der Waals surface area contributed by atoms with Gasteiger partial charge in [-0.15, -0.1) is 0 Å². The van der Waals surface area contributed by atoms with E-state index in [2.05, 4.69) is 4.98 Å². The van der Waals surface area contributed by atoms with E-state index >= 15 is 0 Å². The zero-order valence-electron chi connectivity index (χ0n) is 11.7. The summed E-state index contributed by atoms with van der Waals surface area (Å²) in [6.07, 6.45) is 0. The van der Waals surface area contributed by atoms with Crippen LogP contribution < -0.4 is 4.74 Å². The average molecular weight is 314 g/mol. The number of carbonyl (C=O) groups is 1. The number of aromatic nitrogens is 1. The smallest absolute Gasteiger partial charge is 0.321 e. The summed E-state index contributed by atoms with van der Waals surface area (Å²) in [6, 6.07) is 16.5. The highest BCUT2D eigenvalue weighted by atomic mass is 35.5. The van der Waals surface area contributed by atoms with Crippen molar-refractivity contribution in [3.8, 4) is 28.7 Å². The molecular formula is C17H12ClNO3. The molecule has 0 saturated carbocycles. The van der Waals surface area contributed by atoms with Crippen molar-refractivity contribution in [2.24, 2.45) is 0 Å². The molecule has 22 heavy (non-hydrogen) atoms. The minimum atomic E-state index is -0.462. The van der Waals surface area contributed by atoms with Gasteiger partial charge in [-0.05, 0) is 24.3 Å². The van der Waals surface area contributed by atoms with Crippen molar-refractivity contribution in [3.05, 3.63) is 59.6 Å². The predicted molar refractivity (Wildman–Crippen MR) is 83.7 cm³/mol. The van der Waals surface area contributed by atoms with E-state index < -0.39 is 5.97 Å². The Morgan fingerprint density at radius 2 is 1.73 bits per heavy atom. The zero-order chi connectivity index (χ0) is 15.5. The summed E-state index contributed by atoms with van der Waals surface area (Å²) in [7, 11) is 0. The molecule has 4 nitrogen and oxygen atoms in total. The highest BCUT2D eigenvalue weighted by molar-refractivity contribution is 6.30. The second-order valence-electron chi connectivity index (χ2n) is 4.62. The fourth-order valence-corrected chi connectivity index (χ4v) is 2.13. The van der Waals surface area contributed by atoms with Crippen LogP contribution in [-0.4, -0.2) is 11.0 Å². The lowest BCUT2D eigenvalue weighted by atomic mass is 10.2. The maximum absolute atomic E-state index is 11.3. The molecule has 0 N–H and O–H groups in total. The molecule has 0 aliphatic heterocycles. The SMILES string of the molecule is CC(=O)Oc1oc(-c2ccc(Cl)cc2)nc1-c1ccccc1. The highest BCUT2D eigenvalue weighted by Gasteiger charge is 2.19. The molecule has 1 aromatic heterocycles. The van der Waals surface area contributed by atoms with Crippen molar-refractivity contribution in [2.45, 2.75) is 6.92 Å². The first-order chi connectivity index (χ1) is 10.6. The van der Waals surface area contributed by atoms with Crippen LogP contribution in [0.5, 0.6) is 5.95 Å². The number of nitrogens with zero attached hydrogens (tertiary/aromatic N) is 1. The molecule has 3 rings (SSSR count).